The number of anilines is 1. The molecule has 2 nitrogen and oxygen atoms in total. The molecule has 0 amide bonds. The Morgan fingerprint density at radius 3 is 2.74 bits per heavy atom. The summed E-state index contributed by atoms with van der Waals surface area (Å²) < 4.78 is 27.9. The Balaban J connectivity index is 1.78. The largest absolute Gasteiger partial charge is 0.384 e. The van der Waals surface area contributed by atoms with Gasteiger partial charge in [-0.15, -0.1) is 0 Å². The van der Waals surface area contributed by atoms with Gasteiger partial charge in [0.1, 0.15) is 0 Å². The molecular weight excluding hydrogens is 342 g/mol. The van der Waals surface area contributed by atoms with E-state index in [0.717, 1.165) is 43.6 Å². The molecule has 0 saturated carbocycles. The van der Waals surface area contributed by atoms with Crippen molar-refractivity contribution in [3.05, 3.63) is 46.7 Å². The van der Waals surface area contributed by atoms with Crippen LogP contribution in [0, 0.1) is 17.6 Å². The van der Waals surface area contributed by atoms with E-state index in [4.69, 9.17) is 4.98 Å². The van der Waals surface area contributed by atoms with E-state index in [2.05, 4.69) is 25.2 Å². The zero-order chi connectivity index (χ0) is 19.0. The molecule has 1 N–H and O–H groups in total. The molecule has 1 aromatic carbocycles. The van der Waals surface area contributed by atoms with Gasteiger partial charge in [-0.3, -0.25) is 4.98 Å². The first-order chi connectivity index (χ1) is 13.1. The lowest BCUT2D eigenvalue weighted by Crippen LogP contribution is -2.24. The van der Waals surface area contributed by atoms with Gasteiger partial charge < -0.3 is 5.32 Å². The number of fused-ring (bicyclic) bond motifs is 5. The van der Waals surface area contributed by atoms with Crippen LogP contribution in [0.3, 0.4) is 0 Å². The third kappa shape index (κ3) is 3.59. The van der Waals surface area contributed by atoms with Gasteiger partial charge in [0.05, 0.1) is 11.2 Å². The molecule has 4 rings (SSSR count). The second kappa shape index (κ2) is 7.57. The van der Waals surface area contributed by atoms with Crippen LogP contribution in [-0.4, -0.2) is 11.5 Å². The van der Waals surface area contributed by atoms with Gasteiger partial charge in [0.2, 0.25) is 0 Å². The van der Waals surface area contributed by atoms with Crippen LogP contribution >= 0.6 is 0 Å². The Labute approximate surface area is 160 Å². The van der Waals surface area contributed by atoms with E-state index in [1.807, 2.05) is 0 Å². The van der Waals surface area contributed by atoms with E-state index < -0.39 is 11.6 Å². The van der Waals surface area contributed by atoms with Gasteiger partial charge in [0.25, 0.3) is 0 Å². The lowest BCUT2D eigenvalue weighted by Gasteiger charge is -2.35. The first-order valence-electron chi connectivity index (χ1n) is 10.3. The molecule has 1 aromatic heterocycles. The first kappa shape index (κ1) is 18.4. The minimum absolute atomic E-state index is 0.297. The quantitative estimate of drug-likeness (QED) is 0.464. The Morgan fingerprint density at radius 1 is 1.11 bits per heavy atom. The highest BCUT2D eigenvalue weighted by Crippen LogP contribution is 2.46. The van der Waals surface area contributed by atoms with Crippen LogP contribution in [-0.2, 0) is 6.42 Å². The number of nitrogens with one attached hydrogen (secondary N) is 1. The summed E-state index contributed by atoms with van der Waals surface area (Å²) in [5, 5.41) is 4.28. The lowest BCUT2D eigenvalue weighted by molar-refractivity contribution is 0.403. The Bertz CT molecular complexity index is 888. The van der Waals surface area contributed by atoms with Crippen LogP contribution in [0.15, 0.2) is 23.8 Å². The maximum atomic E-state index is 14.0. The van der Waals surface area contributed by atoms with Crippen LogP contribution in [0.5, 0.6) is 0 Å². The van der Waals surface area contributed by atoms with E-state index in [1.165, 1.54) is 42.5 Å². The maximum absolute atomic E-state index is 14.0. The highest BCUT2D eigenvalue weighted by molar-refractivity contribution is 5.94. The molecule has 2 unspecified atom stereocenters. The number of hydrogen-bond donors (Lipinski definition) is 1. The molecule has 0 fully saturated rings. The van der Waals surface area contributed by atoms with Crippen LogP contribution in [0.1, 0.15) is 69.5 Å². The molecule has 1 heterocycles. The summed E-state index contributed by atoms with van der Waals surface area (Å²) in [5.74, 6) is -0.707. The normalized spacial score (nSPS) is 21.1. The van der Waals surface area contributed by atoms with Crippen molar-refractivity contribution in [2.45, 2.75) is 64.7 Å². The molecule has 0 radical (unpaired) electrons. The van der Waals surface area contributed by atoms with Gasteiger partial charge in [-0.1, -0.05) is 37.8 Å². The van der Waals surface area contributed by atoms with Gasteiger partial charge in [-0.05, 0) is 50.2 Å². The van der Waals surface area contributed by atoms with Gasteiger partial charge in [-0.2, -0.15) is 0 Å². The molecule has 0 spiro atoms. The SMILES string of the molecule is CCCCCCNc1c2c(nc3cc(F)c(F)cc13)C1C=C(C)CC(C2)C1. The fourth-order valence-corrected chi connectivity index (χ4v) is 4.81. The molecule has 144 valence electrons. The number of unbranched alkanes of at least 4 members (excludes halogenated alkanes) is 3. The Hall–Kier alpha value is -1.97. The predicted octanol–water partition coefficient (Wildman–Crippen LogP) is 6.50. The van der Waals surface area contributed by atoms with Gasteiger partial charge in [0.15, 0.2) is 11.6 Å². The number of halogens is 2. The van der Waals surface area contributed by atoms with Crippen LogP contribution < -0.4 is 5.32 Å². The monoisotopic (exact) mass is 370 g/mol. The van der Waals surface area contributed by atoms with E-state index in [1.54, 1.807) is 0 Å². The molecule has 0 saturated heterocycles. The van der Waals surface area contributed by atoms with Crippen molar-refractivity contribution < 1.29 is 8.78 Å². The molecule has 2 aromatic rings. The van der Waals surface area contributed by atoms with Crippen molar-refractivity contribution in [2.24, 2.45) is 5.92 Å². The van der Waals surface area contributed by atoms with Gasteiger partial charge in [-0.25, -0.2) is 8.78 Å². The lowest BCUT2D eigenvalue weighted by atomic mass is 9.72. The van der Waals surface area contributed by atoms with Gasteiger partial charge >= 0.3 is 0 Å². The fraction of sp³-hybridized carbons (Fsp3) is 0.522. The minimum Gasteiger partial charge on any atom is -0.384 e. The number of aromatic nitrogens is 1. The summed E-state index contributed by atoms with van der Waals surface area (Å²) in [5.41, 5.74) is 5.23. The Kier molecular flexibility index (Phi) is 5.16. The van der Waals surface area contributed by atoms with Crippen molar-refractivity contribution in [2.75, 3.05) is 11.9 Å². The average Bonchev–Trinajstić information content (AvgIpc) is 2.63. The molecule has 2 bridgehead atoms. The van der Waals surface area contributed by atoms with Crippen molar-refractivity contribution in [1.29, 1.82) is 0 Å². The predicted molar refractivity (Wildman–Crippen MR) is 107 cm³/mol. The van der Waals surface area contributed by atoms with Gasteiger partial charge in [0, 0.05) is 29.6 Å². The standard InChI is InChI=1S/C23H28F2N2/c1-3-4-5-6-7-26-23-17-12-19(24)20(25)13-21(17)27-22-16-9-14(2)8-15(10-16)11-18(22)23/h9,12-13,15-16H,3-8,10-11H2,1-2H3,(H,26,27). The molecule has 27 heavy (non-hydrogen) atoms. The van der Waals surface area contributed by atoms with Crippen LogP contribution in [0.2, 0.25) is 0 Å². The van der Waals surface area contributed by atoms with E-state index in [9.17, 15) is 8.78 Å². The summed E-state index contributed by atoms with van der Waals surface area (Å²) in [7, 11) is 0. The molecular formula is C23H28F2N2. The maximum Gasteiger partial charge on any atom is 0.161 e. The number of pyridine rings is 1. The second-order valence-electron chi connectivity index (χ2n) is 8.25. The minimum atomic E-state index is -0.826. The van der Waals surface area contributed by atoms with E-state index in [0.29, 0.717) is 22.7 Å². The Morgan fingerprint density at radius 2 is 1.93 bits per heavy atom. The molecule has 2 atom stereocenters. The highest BCUT2D eigenvalue weighted by Gasteiger charge is 2.33. The summed E-state index contributed by atoms with van der Waals surface area (Å²) in [6, 6.07) is 2.57. The van der Waals surface area contributed by atoms with Crippen LogP contribution in [0.25, 0.3) is 10.9 Å². The third-order valence-electron chi connectivity index (χ3n) is 6.02. The zero-order valence-electron chi connectivity index (χ0n) is 16.2. The number of nitrogens with zero attached hydrogens (tertiary/aromatic N) is 1. The molecule has 0 aliphatic heterocycles. The zero-order valence-corrected chi connectivity index (χ0v) is 16.2. The smallest absolute Gasteiger partial charge is 0.161 e. The van der Waals surface area contributed by atoms with E-state index in [-0.39, 0.29) is 0 Å². The summed E-state index contributed by atoms with van der Waals surface area (Å²) in [4.78, 5) is 4.80. The number of benzene rings is 1. The molecule has 4 heteroatoms. The fourth-order valence-electron chi connectivity index (χ4n) is 4.81. The summed E-state index contributed by atoms with van der Waals surface area (Å²) >= 11 is 0. The number of allylic oxidation sites excluding steroid dienone is 2. The third-order valence-corrected chi connectivity index (χ3v) is 6.02. The van der Waals surface area contributed by atoms with Crippen molar-refractivity contribution in [3.63, 3.8) is 0 Å². The second-order valence-corrected chi connectivity index (χ2v) is 8.25. The van der Waals surface area contributed by atoms with Crippen LogP contribution in [0.4, 0.5) is 14.5 Å². The summed E-state index contributed by atoms with van der Waals surface area (Å²) in [6.45, 7) is 5.24. The average molecular weight is 370 g/mol. The number of rotatable bonds is 6. The number of hydrogen-bond acceptors (Lipinski definition) is 2. The van der Waals surface area contributed by atoms with E-state index >= 15 is 0 Å². The first-order valence-corrected chi connectivity index (χ1v) is 10.3. The summed E-state index contributed by atoms with van der Waals surface area (Å²) in [6.07, 6.45) is 10.2. The molecule has 2 aliphatic rings. The highest BCUT2D eigenvalue weighted by atomic mass is 19.2. The van der Waals surface area contributed by atoms with Crippen molar-refractivity contribution in [1.82, 2.24) is 4.98 Å². The van der Waals surface area contributed by atoms with Crippen molar-refractivity contribution in [3.8, 4) is 0 Å². The molecule has 2 aliphatic carbocycles. The van der Waals surface area contributed by atoms with Crippen molar-refractivity contribution >= 4 is 16.6 Å². The topological polar surface area (TPSA) is 24.9 Å².